The topological polar surface area (TPSA) is 100 Å². The molecule has 0 radical (unpaired) electrons. The first-order valence-corrected chi connectivity index (χ1v) is 11.8. The van der Waals surface area contributed by atoms with Crippen molar-refractivity contribution in [3.63, 3.8) is 0 Å². The number of nitrogens with one attached hydrogen (secondary N) is 1. The second-order valence-corrected chi connectivity index (χ2v) is 8.74. The number of tetrazole rings is 1. The number of rotatable bonds is 9. The van der Waals surface area contributed by atoms with E-state index in [1.807, 2.05) is 56.3 Å². The smallest absolute Gasteiger partial charge is 0.338 e. The highest BCUT2D eigenvalue weighted by atomic mass is 79.9. The molecule has 178 valence electrons. The molecule has 0 saturated heterocycles. The van der Waals surface area contributed by atoms with Crippen molar-refractivity contribution in [3.8, 4) is 11.5 Å². The molecular weight excluding hydrogens is 502 g/mol. The van der Waals surface area contributed by atoms with Crippen molar-refractivity contribution in [2.75, 3.05) is 19.0 Å². The molecule has 2 heterocycles. The van der Waals surface area contributed by atoms with E-state index in [1.54, 1.807) is 11.8 Å². The molecule has 34 heavy (non-hydrogen) atoms. The van der Waals surface area contributed by atoms with E-state index >= 15 is 0 Å². The maximum atomic E-state index is 13.0. The van der Waals surface area contributed by atoms with Gasteiger partial charge in [-0.3, -0.25) is 0 Å². The zero-order valence-corrected chi connectivity index (χ0v) is 20.8. The average Bonchev–Trinajstić information content (AvgIpc) is 3.31. The molecule has 4 rings (SSSR count). The van der Waals surface area contributed by atoms with Gasteiger partial charge in [0.25, 0.3) is 0 Å². The highest BCUT2D eigenvalue weighted by Gasteiger charge is 2.35. The lowest BCUT2D eigenvalue weighted by Gasteiger charge is -2.27. The number of hydrogen-bond acceptors (Lipinski definition) is 8. The summed E-state index contributed by atoms with van der Waals surface area (Å²) in [4.78, 5) is 13.0. The van der Waals surface area contributed by atoms with Crippen LogP contribution in [0.5, 0.6) is 11.5 Å². The van der Waals surface area contributed by atoms with Crippen LogP contribution in [0, 0.1) is 0 Å². The predicted molar refractivity (Wildman–Crippen MR) is 130 cm³/mol. The number of ether oxygens (including phenoxy) is 3. The largest absolute Gasteiger partial charge is 0.493 e. The third-order valence-electron chi connectivity index (χ3n) is 5.48. The van der Waals surface area contributed by atoms with Gasteiger partial charge in [0, 0.05) is 10.2 Å². The highest BCUT2D eigenvalue weighted by molar-refractivity contribution is 9.10. The van der Waals surface area contributed by atoms with Crippen LogP contribution in [0.1, 0.15) is 43.9 Å². The van der Waals surface area contributed by atoms with E-state index in [0.29, 0.717) is 41.9 Å². The van der Waals surface area contributed by atoms with Gasteiger partial charge in [0.05, 0.1) is 19.3 Å². The minimum Gasteiger partial charge on any atom is -0.493 e. The van der Waals surface area contributed by atoms with Gasteiger partial charge in [-0.1, -0.05) is 52.6 Å². The number of unbranched alkanes of at least 4 members (excludes halogenated alkanes) is 1. The van der Waals surface area contributed by atoms with Crippen LogP contribution >= 0.6 is 15.9 Å². The molecule has 1 unspecified atom stereocenters. The number of carbonyl (C=O) groups is 1. The summed E-state index contributed by atoms with van der Waals surface area (Å²) in [6.45, 7) is 4.60. The van der Waals surface area contributed by atoms with Crippen molar-refractivity contribution < 1.29 is 19.0 Å². The Morgan fingerprint density at radius 3 is 2.71 bits per heavy atom. The minimum atomic E-state index is -0.574. The van der Waals surface area contributed by atoms with Gasteiger partial charge >= 0.3 is 5.97 Å². The van der Waals surface area contributed by atoms with Gasteiger partial charge in [0.1, 0.15) is 12.6 Å². The number of nitrogens with zero attached hydrogens (tertiary/aromatic N) is 4. The normalized spacial score (nSPS) is 14.9. The summed E-state index contributed by atoms with van der Waals surface area (Å²) in [7, 11) is 1.58. The van der Waals surface area contributed by atoms with Crippen molar-refractivity contribution in [2.45, 2.75) is 39.3 Å². The Bertz CT molecular complexity index is 1190. The summed E-state index contributed by atoms with van der Waals surface area (Å²) in [5, 5.41) is 15.0. The number of esters is 1. The van der Waals surface area contributed by atoms with Crippen LogP contribution in [0.15, 0.2) is 58.2 Å². The van der Waals surface area contributed by atoms with E-state index in [0.717, 1.165) is 28.4 Å². The molecule has 0 amide bonds. The van der Waals surface area contributed by atoms with Gasteiger partial charge < -0.3 is 19.5 Å². The molecule has 1 aliphatic heterocycles. The van der Waals surface area contributed by atoms with Gasteiger partial charge in [0.2, 0.25) is 5.95 Å². The number of hydrogen-bond donors (Lipinski definition) is 1. The van der Waals surface area contributed by atoms with Crippen molar-refractivity contribution in [2.24, 2.45) is 0 Å². The lowest BCUT2D eigenvalue weighted by Crippen LogP contribution is -2.30. The molecule has 1 atom stereocenters. The zero-order chi connectivity index (χ0) is 24.1. The Balaban J connectivity index is 1.64. The van der Waals surface area contributed by atoms with Gasteiger partial charge in [0.15, 0.2) is 11.5 Å². The maximum Gasteiger partial charge on any atom is 0.338 e. The van der Waals surface area contributed by atoms with Crippen molar-refractivity contribution in [1.82, 2.24) is 20.2 Å². The Morgan fingerprint density at radius 1 is 1.18 bits per heavy atom. The molecule has 0 fully saturated rings. The van der Waals surface area contributed by atoms with Crippen LogP contribution in [-0.2, 0) is 16.1 Å². The molecule has 1 N–H and O–H groups in total. The lowest BCUT2D eigenvalue weighted by molar-refractivity contribution is -0.139. The molecule has 1 aliphatic rings. The van der Waals surface area contributed by atoms with Crippen LogP contribution in [0.3, 0.4) is 0 Å². The second kappa shape index (κ2) is 10.7. The van der Waals surface area contributed by atoms with Crippen molar-refractivity contribution >= 4 is 27.8 Å². The third kappa shape index (κ3) is 5.06. The van der Waals surface area contributed by atoms with Crippen LogP contribution < -0.4 is 14.8 Å². The lowest BCUT2D eigenvalue weighted by atomic mass is 9.95. The predicted octanol–water partition coefficient (Wildman–Crippen LogP) is 4.66. The van der Waals surface area contributed by atoms with Crippen LogP contribution in [0.25, 0.3) is 0 Å². The molecule has 0 aliphatic carbocycles. The van der Waals surface area contributed by atoms with Gasteiger partial charge in [-0.15, -0.1) is 0 Å². The molecule has 0 saturated carbocycles. The SMILES string of the molecule is CCCCOC(=O)C1=C(C)Nc2nnnn2C1c1ccc(OCc2ccc(Br)cc2)c(OC)c1. The molecule has 2 aromatic carbocycles. The fraction of sp³-hybridized carbons (Fsp3) is 0.333. The monoisotopic (exact) mass is 527 g/mol. The molecule has 9 nitrogen and oxygen atoms in total. The van der Waals surface area contributed by atoms with Crippen LogP contribution in [-0.4, -0.2) is 39.9 Å². The summed E-state index contributed by atoms with van der Waals surface area (Å²) < 4.78 is 19.7. The number of anilines is 1. The second-order valence-electron chi connectivity index (χ2n) is 7.83. The van der Waals surface area contributed by atoms with Gasteiger partial charge in [-0.05, 0) is 59.2 Å². The summed E-state index contributed by atoms with van der Waals surface area (Å²) >= 11 is 3.44. The van der Waals surface area contributed by atoms with E-state index in [9.17, 15) is 4.79 Å². The van der Waals surface area contributed by atoms with Gasteiger partial charge in [-0.2, -0.15) is 4.68 Å². The Kier molecular flexibility index (Phi) is 7.46. The number of benzene rings is 2. The molecule has 1 aromatic heterocycles. The first kappa shape index (κ1) is 23.7. The fourth-order valence-electron chi connectivity index (χ4n) is 3.69. The first-order valence-electron chi connectivity index (χ1n) is 11.0. The number of aromatic nitrogens is 4. The Hall–Kier alpha value is -3.40. The summed E-state index contributed by atoms with van der Waals surface area (Å²) in [6, 6.07) is 12.9. The molecule has 0 bridgehead atoms. The Morgan fingerprint density at radius 2 is 1.97 bits per heavy atom. The van der Waals surface area contributed by atoms with Gasteiger partial charge in [-0.25, -0.2) is 4.79 Å². The van der Waals surface area contributed by atoms with E-state index < -0.39 is 12.0 Å². The first-order chi connectivity index (χ1) is 16.5. The number of halogens is 1. The standard InChI is InChI=1S/C24H26BrN5O4/c1-4-5-12-33-23(31)21-15(2)26-24-27-28-29-30(24)22(21)17-8-11-19(20(13-17)32-3)34-14-16-6-9-18(25)10-7-16/h6-11,13,22H,4-5,12,14H2,1-3H3,(H,26,27,29). The highest BCUT2D eigenvalue weighted by Crippen LogP contribution is 2.38. The average molecular weight is 528 g/mol. The minimum absolute atomic E-state index is 0.355. The van der Waals surface area contributed by atoms with Crippen LogP contribution in [0.2, 0.25) is 0 Å². The number of methoxy groups -OCH3 is 1. The third-order valence-corrected chi connectivity index (χ3v) is 6.00. The summed E-state index contributed by atoms with van der Waals surface area (Å²) in [5.74, 6) is 1.17. The summed E-state index contributed by atoms with van der Waals surface area (Å²) in [6.07, 6.45) is 1.73. The summed E-state index contributed by atoms with van der Waals surface area (Å²) in [5.41, 5.74) is 2.89. The van der Waals surface area contributed by atoms with E-state index in [2.05, 4.69) is 36.8 Å². The quantitative estimate of drug-likeness (QED) is 0.316. The molecule has 10 heteroatoms. The Labute approximate surface area is 206 Å². The fourth-order valence-corrected chi connectivity index (χ4v) is 3.95. The van der Waals surface area contributed by atoms with Crippen molar-refractivity contribution in [3.05, 3.63) is 69.3 Å². The van der Waals surface area contributed by atoms with Crippen molar-refractivity contribution in [1.29, 1.82) is 0 Å². The zero-order valence-electron chi connectivity index (χ0n) is 19.2. The van der Waals surface area contributed by atoms with Crippen LogP contribution in [0.4, 0.5) is 5.95 Å². The number of carbonyl (C=O) groups excluding carboxylic acids is 1. The number of fused-ring (bicyclic) bond motifs is 1. The molecule has 3 aromatic rings. The molecule has 0 spiro atoms. The van der Waals surface area contributed by atoms with E-state index in [4.69, 9.17) is 14.2 Å². The number of allylic oxidation sites excluding steroid dienone is 1. The molecular formula is C24H26BrN5O4. The van der Waals surface area contributed by atoms with E-state index in [1.165, 1.54) is 0 Å². The van der Waals surface area contributed by atoms with E-state index in [-0.39, 0.29) is 0 Å². The maximum absolute atomic E-state index is 13.0.